The summed E-state index contributed by atoms with van der Waals surface area (Å²) in [6.45, 7) is 2.57. The summed E-state index contributed by atoms with van der Waals surface area (Å²) in [6, 6.07) is 0. The second-order valence-corrected chi connectivity index (χ2v) is 2.26. The van der Waals surface area contributed by atoms with Gasteiger partial charge in [0.05, 0.1) is 19.1 Å². The molecule has 0 aliphatic heterocycles. The van der Waals surface area contributed by atoms with Gasteiger partial charge in [0.2, 0.25) is 5.91 Å². The van der Waals surface area contributed by atoms with Crippen molar-refractivity contribution < 1.29 is 14.4 Å². The van der Waals surface area contributed by atoms with Gasteiger partial charge < -0.3 is 10.5 Å². The number of carbonyl (C=O) groups excluding carboxylic acids is 1. The van der Waals surface area contributed by atoms with Gasteiger partial charge in [0.15, 0.2) is 0 Å². The molecule has 3 N–H and O–H groups in total. The molecule has 5 nitrogen and oxygen atoms in total. The summed E-state index contributed by atoms with van der Waals surface area (Å²) in [6.07, 6.45) is -0.00189. The van der Waals surface area contributed by atoms with Crippen LogP contribution in [-0.2, 0) is 14.4 Å². The number of hydrogen-bond acceptors (Lipinski definition) is 4. The van der Waals surface area contributed by atoms with Crippen molar-refractivity contribution in [3.8, 4) is 0 Å². The summed E-state index contributed by atoms with van der Waals surface area (Å²) in [4.78, 5) is 15.6. The molecule has 1 amide bonds. The summed E-state index contributed by atoms with van der Waals surface area (Å²) in [5.74, 6) is -0.214. The molecular weight excluding hydrogens is 160 g/mol. The van der Waals surface area contributed by atoms with Crippen LogP contribution in [0.5, 0.6) is 0 Å². The second-order valence-electron chi connectivity index (χ2n) is 2.26. The number of carbonyl (C=O) groups is 1. The quantitative estimate of drug-likeness (QED) is 0.531. The van der Waals surface area contributed by atoms with E-state index in [9.17, 15) is 4.79 Å². The van der Waals surface area contributed by atoms with Gasteiger partial charge in [-0.2, -0.15) is 0 Å². The number of methoxy groups -OCH3 is 1. The SMILES string of the molecule is CCONC(=O)CC(CN)OC. The molecule has 0 aromatic carbocycles. The molecule has 5 heteroatoms. The van der Waals surface area contributed by atoms with Crippen LogP contribution < -0.4 is 11.2 Å². The zero-order valence-electron chi connectivity index (χ0n) is 7.50. The van der Waals surface area contributed by atoms with E-state index in [0.717, 1.165) is 0 Å². The molecule has 0 aromatic heterocycles. The van der Waals surface area contributed by atoms with Crippen LogP contribution in [0, 0.1) is 0 Å². The van der Waals surface area contributed by atoms with Gasteiger partial charge in [-0.25, -0.2) is 5.48 Å². The molecule has 0 aromatic rings. The average molecular weight is 176 g/mol. The molecule has 0 aliphatic rings. The first-order chi connectivity index (χ1) is 5.74. The maximum Gasteiger partial charge on any atom is 0.246 e. The normalized spacial score (nSPS) is 12.6. The predicted molar refractivity (Wildman–Crippen MR) is 44.2 cm³/mol. The fraction of sp³-hybridized carbons (Fsp3) is 0.857. The highest BCUT2D eigenvalue weighted by molar-refractivity contribution is 5.75. The standard InChI is InChI=1S/C7H16N2O3/c1-3-12-9-7(10)4-6(5-8)11-2/h6H,3-5,8H2,1-2H3,(H,9,10). The lowest BCUT2D eigenvalue weighted by Crippen LogP contribution is -2.32. The number of rotatable bonds is 6. The van der Waals surface area contributed by atoms with Crippen molar-refractivity contribution >= 4 is 5.91 Å². The molecule has 0 spiro atoms. The Hall–Kier alpha value is -0.650. The molecule has 0 rings (SSSR count). The highest BCUT2D eigenvalue weighted by Crippen LogP contribution is 1.93. The molecule has 0 fully saturated rings. The van der Waals surface area contributed by atoms with Gasteiger partial charge in [-0.3, -0.25) is 9.63 Å². The van der Waals surface area contributed by atoms with Gasteiger partial charge in [0.25, 0.3) is 0 Å². The second kappa shape index (κ2) is 7.02. The lowest BCUT2D eigenvalue weighted by Gasteiger charge is -2.11. The monoisotopic (exact) mass is 176 g/mol. The lowest BCUT2D eigenvalue weighted by molar-refractivity contribution is -0.135. The maximum atomic E-state index is 11.0. The minimum atomic E-state index is -0.231. The summed E-state index contributed by atoms with van der Waals surface area (Å²) in [5.41, 5.74) is 7.57. The number of ether oxygens (including phenoxy) is 1. The first kappa shape index (κ1) is 11.4. The molecule has 0 bridgehead atoms. The predicted octanol–water partition coefficient (Wildman–Crippen LogP) is -0.582. The van der Waals surface area contributed by atoms with E-state index in [1.165, 1.54) is 7.11 Å². The fourth-order valence-electron chi connectivity index (χ4n) is 0.664. The molecule has 1 atom stereocenters. The number of hydrogen-bond donors (Lipinski definition) is 2. The highest BCUT2D eigenvalue weighted by atomic mass is 16.6. The Morgan fingerprint density at radius 2 is 2.33 bits per heavy atom. The molecule has 1 unspecified atom stereocenters. The van der Waals surface area contributed by atoms with Crippen LogP contribution >= 0.6 is 0 Å². The Morgan fingerprint density at radius 3 is 2.75 bits per heavy atom. The number of amides is 1. The smallest absolute Gasteiger partial charge is 0.246 e. The molecule has 72 valence electrons. The molecule has 0 radical (unpaired) electrons. The minimum Gasteiger partial charge on any atom is -0.380 e. The molecule has 12 heavy (non-hydrogen) atoms. The Labute approximate surface area is 72.2 Å². The van der Waals surface area contributed by atoms with E-state index < -0.39 is 0 Å². The van der Waals surface area contributed by atoms with Gasteiger partial charge in [0.1, 0.15) is 0 Å². The third kappa shape index (κ3) is 5.06. The van der Waals surface area contributed by atoms with E-state index in [1.807, 2.05) is 0 Å². The largest absolute Gasteiger partial charge is 0.380 e. The first-order valence-electron chi connectivity index (χ1n) is 3.88. The number of nitrogens with two attached hydrogens (primary N) is 1. The van der Waals surface area contributed by atoms with E-state index in [0.29, 0.717) is 13.2 Å². The van der Waals surface area contributed by atoms with Crippen molar-refractivity contribution in [1.29, 1.82) is 0 Å². The minimum absolute atomic E-state index is 0.214. The summed E-state index contributed by atoms with van der Waals surface area (Å²) >= 11 is 0. The average Bonchev–Trinajstić information content (AvgIpc) is 2.10. The van der Waals surface area contributed by atoms with Crippen LogP contribution in [-0.4, -0.2) is 32.3 Å². The Balaban J connectivity index is 3.52. The zero-order chi connectivity index (χ0) is 9.40. The van der Waals surface area contributed by atoms with Crippen LogP contribution in [0.15, 0.2) is 0 Å². The molecule has 0 saturated heterocycles. The molecular formula is C7H16N2O3. The lowest BCUT2D eigenvalue weighted by atomic mass is 10.2. The third-order valence-electron chi connectivity index (χ3n) is 1.34. The number of hydroxylamine groups is 1. The van der Waals surface area contributed by atoms with Gasteiger partial charge in [-0.1, -0.05) is 0 Å². The Bertz CT molecular complexity index is 126. The van der Waals surface area contributed by atoms with Gasteiger partial charge in [0, 0.05) is 13.7 Å². The molecule has 0 saturated carbocycles. The Kier molecular flexibility index (Phi) is 6.64. The van der Waals surface area contributed by atoms with Crippen LogP contribution in [0.25, 0.3) is 0 Å². The summed E-state index contributed by atoms with van der Waals surface area (Å²) in [7, 11) is 1.52. The van der Waals surface area contributed by atoms with Gasteiger partial charge >= 0.3 is 0 Å². The van der Waals surface area contributed by atoms with E-state index in [1.54, 1.807) is 6.92 Å². The van der Waals surface area contributed by atoms with Crippen molar-refractivity contribution in [3.63, 3.8) is 0 Å². The van der Waals surface area contributed by atoms with Gasteiger partial charge in [-0.15, -0.1) is 0 Å². The van der Waals surface area contributed by atoms with Crippen LogP contribution in [0.2, 0.25) is 0 Å². The Morgan fingerprint density at radius 1 is 1.67 bits per heavy atom. The zero-order valence-corrected chi connectivity index (χ0v) is 7.50. The highest BCUT2D eigenvalue weighted by Gasteiger charge is 2.10. The van der Waals surface area contributed by atoms with E-state index in [4.69, 9.17) is 10.5 Å². The van der Waals surface area contributed by atoms with Gasteiger partial charge in [-0.05, 0) is 6.92 Å². The number of nitrogens with one attached hydrogen (secondary N) is 1. The molecule has 0 heterocycles. The fourth-order valence-corrected chi connectivity index (χ4v) is 0.664. The summed E-state index contributed by atoms with van der Waals surface area (Å²) < 4.78 is 4.91. The van der Waals surface area contributed by atoms with Crippen molar-refractivity contribution in [2.45, 2.75) is 19.4 Å². The van der Waals surface area contributed by atoms with E-state index in [2.05, 4.69) is 10.3 Å². The van der Waals surface area contributed by atoms with Crippen molar-refractivity contribution in [1.82, 2.24) is 5.48 Å². The van der Waals surface area contributed by atoms with Crippen molar-refractivity contribution in [2.24, 2.45) is 5.73 Å². The van der Waals surface area contributed by atoms with Crippen molar-refractivity contribution in [3.05, 3.63) is 0 Å². The third-order valence-corrected chi connectivity index (χ3v) is 1.34. The van der Waals surface area contributed by atoms with Crippen LogP contribution in [0.4, 0.5) is 0 Å². The van der Waals surface area contributed by atoms with Crippen LogP contribution in [0.3, 0.4) is 0 Å². The van der Waals surface area contributed by atoms with Crippen molar-refractivity contribution in [2.75, 3.05) is 20.3 Å². The first-order valence-corrected chi connectivity index (χ1v) is 3.88. The van der Waals surface area contributed by atoms with Crippen LogP contribution in [0.1, 0.15) is 13.3 Å². The van der Waals surface area contributed by atoms with E-state index >= 15 is 0 Å². The molecule has 0 aliphatic carbocycles. The summed E-state index contributed by atoms with van der Waals surface area (Å²) in [5, 5.41) is 0. The maximum absolute atomic E-state index is 11.0. The van der Waals surface area contributed by atoms with E-state index in [-0.39, 0.29) is 18.4 Å². The topological polar surface area (TPSA) is 73.6 Å².